The summed E-state index contributed by atoms with van der Waals surface area (Å²) < 4.78 is 46.1. The summed E-state index contributed by atoms with van der Waals surface area (Å²) in [6.45, 7) is -0.208. The average Bonchev–Trinajstić information content (AvgIpc) is 3.19. The zero-order chi connectivity index (χ0) is 23.4. The lowest BCUT2D eigenvalue weighted by atomic mass is 10.0. The summed E-state index contributed by atoms with van der Waals surface area (Å²) in [7, 11) is 0. The maximum absolute atomic E-state index is 12.2. The van der Waals surface area contributed by atoms with Gasteiger partial charge in [-0.15, -0.1) is 24.5 Å². The molecule has 0 saturated heterocycles. The van der Waals surface area contributed by atoms with Crippen molar-refractivity contribution in [3.05, 3.63) is 64.7 Å². The number of hydrogen-bond donors (Lipinski definition) is 2. The van der Waals surface area contributed by atoms with Crippen molar-refractivity contribution in [2.45, 2.75) is 25.6 Å². The summed E-state index contributed by atoms with van der Waals surface area (Å²) in [6.07, 6.45) is -1.66. The number of anilines is 2. The van der Waals surface area contributed by atoms with Crippen LogP contribution >= 0.6 is 11.3 Å². The minimum Gasteiger partial charge on any atom is -0.484 e. The molecule has 0 unspecified atom stereocenters. The lowest BCUT2D eigenvalue weighted by Crippen LogP contribution is -2.21. The van der Waals surface area contributed by atoms with Crippen LogP contribution < -0.4 is 20.1 Å². The molecule has 0 aliphatic carbocycles. The van der Waals surface area contributed by atoms with Gasteiger partial charge in [0.05, 0.1) is 0 Å². The molecule has 0 bridgehead atoms. The van der Waals surface area contributed by atoms with Crippen molar-refractivity contribution in [1.82, 2.24) is 4.98 Å². The summed E-state index contributed by atoms with van der Waals surface area (Å²) in [5, 5.41) is 5.84. The van der Waals surface area contributed by atoms with E-state index in [0.717, 1.165) is 21.7 Å². The van der Waals surface area contributed by atoms with E-state index in [9.17, 15) is 22.8 Å². The Labute approximate surface area is 190 Å². The minimum absolute atomic E-state index is 0.0224. The number of amides is 2. The number of nitrogens with zero attached hydrogens (tertiary/aromatic N) is 1. The second kappa shape index (κ2) is 9.49. The molecule has 2 amide bonds. The van der Waals surface area contributed by atoms with E-state index in [4.69, 9.17) is 4.74 Å². The van der Waals surface area contributed by atoms with Gasteiger partial charge in [-0.1, -0.05) is 12.1 Å². The van der Waals surface area contributed by atoms with Crippen molar-refractivity contribution >= 4 is 34.0 Å². The van der Waals surface area contributed by atoms with Crippen LogP contribution in [0.25, 0.3) is 0 Å². The van der Waals surface area contributed by atoms with Gasteiger partial charge in [0.25, 0.3) is 5.91 Å². The predicted molar refractivity (Wildman–Crippen MR) is 116 cm³/mol. The van der Waals surface area contributed by atoms with Gasteiger partial charge in [-0.2, -0.15) is 0 Å². The summed E-state index contributed by atoms with van der Waals surface area (Å²) in [5.74, 6) is -0.161. The summed E-state index contributed by atoms with van der Waals surface area (Å²) in [4.78, 5) is 28.6. The molecule has 0 saturated carbocycles. The van der Waals surface area contributed by atoms with Crippen LogP contribution in [0.1, 0.15) is 22.4 Å². The Morgan fingerprint density at radius 3 is 2.64 bits per heavy atom. The molecule has 1 aliphatic heterocycles. The van der Waals surface area contributed by atoms with Crippen LogP contribution in [-0.2, 0) is 22.4 Å². The number of benzene rings is 2. The maximum Gasteiger partial charge on any atom is 0.573 e. The third-order valence-electron chi connectivity index (χ3n) is 4.68. The van der Waals surface area contributed by atoms with Crippen LogP contribution in [0.3, 0.4) is 0 Å². The molecule has 11 heteroatoms. The summed E-state index contributed by atoms with van der Waals surface area (Å²) in [5.41, 5.74) is 2.48. The molecule has 0 atom stereocenters. The fourth-order valence-corrected chi connectivity index (χ4v) is 4.07. The monoisotopic (exact) mass is 477 g/mol. The van der Waals surface area contributed by atoms with Crippen LogP contribution in [-0.4, -0.2) is 29.8 Å². The number of ether oxygens (including phenoxy) is 2. The molecule has 1 aromatic heterocycles. The van der Waals surface area contributed by atoms with Gasteiger partial charge in [-0.3, -0.25) is 14.9 Å². The van der Waals surface area contributed by atoms with Crippen LogP contribution in [0.15, 0.2) is 48.7 Å². The van der Waals surface area contributed by atoms with E-state index in [1.54, 1.807) is 24.4 Å². The zero-order valence-electron chi connectivity index (χ0n) is 17.1. The topological polar surface area (TPSA) is 89.6 Å². The highest BCUT2D eigenvalue weighted by Gasteiger charge is 2.30. The lowest BCUT2D eigenvalue weighted by molar-refractivity contribution is -0.274. The fourth-order valence-electron chi connectivity index (χ4n) is 3.21. The Kier molecular flexibility index (Phi) is 6.50. The largest absolute Gasteiger partial charge is 0.573 e. The van der Waals surface area contributed by atoms with Gasteiger partial charge in [-0.25, -0.2) is 4.98 Å². The first kappa shape index (κ1) is 22.6. The number of fused-ring (bicyclic) bond motifs is 1. The molecule has 4 rings (SSSR count). The molecule has 1 aliphatic rings. The Morgan fingerprint density at radius 2 is 1.88 bits per heavy atom. The van der Waals surface area contributed by atoms with E-state index in [-0.39, 0.29) is 24.2 Å². The predicted octanol–water partition coefficient (Wildman–Crippen LogP) is 4.53. The number of halogens is 3. The zero-order valence-corrected chi connectivity index (χ0v) is 17.9. The van der Waals surface area contributed by atoms with Crippen LogP contribution in [0.5, 0.6) is 11.5 Å². The molecular weight excluding hydrogens is 459 g/mol. The highest BCUT2D eigenvalue weighted by Crippen LogP contribution is 2.27. The number of alkyl halides is 3. The number of carbonyl (C=O) groups is 2. The molecule has 2 N–H and O–H groups in total. The summed E-state index contributed by atoms with van der Waals surface area (Å²) in [6, 6.07) is 10.8. The van der Waals surface area contributed by atoms with Gasteiger partial charge in [0.2, 0.25) is 5.91 Å². The van der Waals surface area contributed by atoms with Gasteiger partial charge in [0.15, 0.2) is 11.7 Å². The first-order chi connectivity index (χ1) is 15.7. The molecule has 0 fully saturated rings. The number of aryl methyl sites for hydroxylation is 1. The Bertz CT molecular complexity index is 1160. The second-order valence-electron chi connectivity index (χ2n) is 7.20. The van der Waals surface area contributed by atoms with Crippen molar-refractivity contribution in [1.29, 1.82) is 0 Å². The third-order valence-corrected chi connectivity index (χ3v) is 5.59. The number of carbonyl (C=O) groups excluding carboxylic acids is 2. The quantitative estimate of drug-likeness (QED) is 0.522. The van der Waals surface area contributed by atoms with Gasteiger partial charge < -0.3 is 14.8 Å². The van der Waals surface area contributed by atoms with Crippen molar-refractivity contribution < 1.29 is 32.2 Å². The standard InChI is InChI=1S/C22H18F3N3O4S/c23-22(24,25)32-15-4-1-13(2-5-15)9-17-11-26-21(33-17)28-20(30)12-31-16-6-7-18-14(10-16)3-8-19(29)27-18/h1-2,4-7,10-11H,3,8-9,12H2,(H,27,29)(H,26,28,30). The van der Waals surface area contributed by atoms with E-state index in [0.29, 0.717) is 30.1 Å². The van der Waals surface area contributed by atoms with E-state index in [2.05, 4.69) is 20.4 Å². The molecule has 172 valence electrons. The molecule has 0 radical (unpaired) electrons. The summed E-state index contributed by atoms with van der Waals surface area (Å²) >= 11 is 1.26. The fraction of sp³-hybridized carbons (Fsp3) is 0.227. The van der Waals surface area contributed by atoms with E-state index < -0.39 is 6.36 Å². The molecule has 3 aromatic rings. The molecule has 0 spiro atoms. The third kappa shape index (κ3) is 6.45. The van der Waals surface area contributed by atoms with Gasteiger partial charge >= 0.3 is 6.36 Å². The lowest BCUT2D eigenvalue weighted by Gasteiger charge is -2.17. The Morgan fingerprint density at radius 1 is 1.12 bits per heavy atom. The maximum atomic E-state index is 12.2. The van der Waals surface area contributed by atoms with Crippen LogP contribution in [0.4, 0.5) is 24.0 Å². The van der Waals surface area contributed by atoms with E-state index in [1.165, 1.54) is 35.6 Å². The number of hydrogen-bond acceptors (Lipinski definition) is 6. The average molecular weight is 477 g/mol. The van der Waals surface area contributed by atoms with Crippen LogP contribution in [0.2, 0.25) is 0 Å². The van der Waals surface area contributed by atoms with E-state index >= 15 is 0 Å². The van der Waals surface area contributed by atoms with Crippen molar-refractivity contribution in [2.24, 2.45) is 0 Å². The Hall–Kier alpha value is -3.60. The van der Waals surface area contributed by atoms with E-state index in [1.807, 2.05) is 0 Å². The normalized spacial score (nSPS) is 13.1. The molecular formula is C22H18F3N3O4S. The van der Waals surface area contributed by atoms with Gasteiger partial charge in [-0.05, 0) is 47.9 Å². The number of aromatic nitrogens is 1. The molecule has 33 heavy (non-hydrogen) atoms. The van der Waals surface area contributed by atoms with Crippen molar-refractivity contribution in [3.8, 4) is 11.5 Å². The Balaban J connectivity index is 1.27. The highest BCUT2D eigenvalue weighted by molar-refractivity contribution is 7.15. The van der Waals surface area contributed by atoms with Crippen molar-refractivity contribution in [3.63, 3.8) is 0 Å². The minimum atomic E-state index is -4.73. The highest BCUT2D eigenvalue weighted by atomic mass is 32.1. The van der Waals surface area contributed by atoms with Crippen molar-refractivity contribution in [2.75, 3.05) is 17.2 Å². The SMILES string of the molecule is O=C(COc1ccc2c(c1)CCC(=O)N2)Nc1ncc(Cc2ccc(OC(F)(F)F)cc2)s1. The number of nitrogens with one attached hydrogen (secondary N) is 2. The second-order valence-corrected chi connectivity index (χ2v) is 8.32. The van der Waals surface area contributed by atoms with Crippen LogP contribution in [0, 0.1) is 0 Å². The molecule has 2 heterocycles. The smallest absolute Gasteiger partial charge is 0.484 e. The molecule has 2 aromatic carbocycles. The van der Waals surface area contributed by atoms with Gasteiger partial charge in [0.1, 0.15) is 11.5 Å². The number of thiazole rings is 1. The first-order valence-electron chi connectivity index (χ1n) is 9.88. The number of rotatable bonds is 7. The van der Waals surface area contributed by atoms with Gasteiger partial charge in [0, 0.05) is 29.6 Å². The first-order valence-corrected chi connectivity index (χ1v) is 10.7. The molecule has 7 nitrogen and oxygen atoms in total.